The quantitative estimate of drug-likeness (QED) is 0.608. The Balaban J connectivity index is 2.36. The van der Waals surface area contributed by atoms with Gasteiger partial charge in [-0.1, -0.05) is 36.4 Å². The number of hydrogen-bond acceptors (Lipinski definition) is 2. The minimum Gasteiger partial charge on any atom is -0.211 e. The third kappa shape index (κ3) is 1.57. The molecule has 1 nitrogen and oxygen atoms in total. The highest BCUT2D eigenvalue weighted by atomic mass is 32.2. The van der Waals surface area contributed by atoms with Gasteiger partial charge in [-0.3, -0.25) is 0 Å². The van der Waals surface area contributed by atoms with E-state index in [-0.39, 0.29) is 0 Å². The molecule has 1 heterocycles. The maximum Gasteiger partial charge on any atom is 0.0789 e. The molecule has 2 heteroatoms. The van der Waals surface area contributed by atoms with Gasteiger partial charge in [0.15, 0.2) is 0 Å². The summed E-state index contributed by atoms with van der Waals surface area (Å²) in [6.07, 6.45) is 2.19. The fraction of sp³-hybridized carbons (Fsp3) is 0. The SMILES string of the molecule is C1=c2ccccc2=NSc2ccccc21. The minimum atomic E-state index is 1.05. The van der Waals surface area contributed by atoms with Crippen molar-refractivity contribution in [1.29, 1.82) is 0 Å². The number of rotatable bonds is 0. The molecule has 2 aromatic rings. The zero-order valence-corrected chi connectivity index (χ0v) is 8.87. The second-order valence-electron chi connectivity index (χ2n) is 3.42. The van der Waals surface area contributed by atoms with Crippen molar-refractivity contribution in [1.82, 2.24) is 0 Å². The van der Waals surface area contributed by atoms with Gasteiger partial charge in [0.2, 0.25) is 0 Å². The molecular formula is C13H9NS. The number of hydrogen-bond donors (Lipinski definition) is 0. The summed E-state index contributed by atoms with van der Waals surface area (Å²) in [6.45, 7) is 0. The van der Waals surface area contributed by atoms with Crippen molar-refractivity contribution in [3.63, 3.8) is 0 Å². The van der Waals surface area contributed by atoms with Crippen LogP contribution < -0.4 is 10.6 Å². The first kappa shape index (κ1) is 8.74. The molecular weight excluding hydrogens is 202 g/mol. The van der Waals surface area contributed by atoms with Gasteiger partial charge in [0.25, 0.3) is 0 Å². The van der Waals surface area contributed by atoms with Crippen LogP contribution in [-0.4, -0.2) is 0 Å². The summed E-state index contributed by atoms with van der Waals surface area (Å²) >= 11 is 1.55. The van der Waals surface area contributed by atoms with E-state index in [1.54, 1.807) is 11.9 Å². The first-order valence-corrected chi connectivity index (χ1v) is 5.62. The van der Waals surface area contributed by atoms with Crippen LogP contribution in [0, 0.1) is 0 Å². The molecule has 0 aliphatic carbocycles. The summed E-state index contributed by atoms with van der Waals surface area (Å²) in [5.41, 5.74) is 1.25. The summed E-state index contributed by atoms with van der Waals surface area (Å²) in [6, 6.07) is 16.5. The Bertz CT molecular complexity index is 616. The van der Waals surface area contributed by atoms with Crippen molar-refractivity contribution in [3.8, 4) is 0 Å². The van der Waals surface area contributed by atoms with Crippen LogP contribution in [0.5, 0.6) is 0 Å². The second-order valence-corrected chi connectivity index (χ2v) is 4.23. The summed E-state index contributed by atoms with van der Waals surface area (Å²) < 4.78 is 4.51. The molecule has 0 N–H and O–H groups in total. The van der Waals surface area contributed by atoms with Crippen molar-refractivity contribution in [3.05, 3.63) is 64.7 Å². The molecule has 0 atom stereocenters. The van der Waals surface area contributed by atoms with Gasteiger partial charge in [0.05, 0.1) is 5.36 Å². The Morgan fingerprint density at radius 2 is 1.67 bits per heavy atom. The lowest BCUT2D eigenvalue weighted by molar-refractivity contribution is 1.41. The third-order valence-electron chi connectivity index (χ3n) is 2.41. The maximum absolute atomic E-state index is 4.51. The number of nitrogens with zero attached hydrogens (tertiary/aromatic N) is 1. The fourth-order valence-electron chi connectivity index (χ4n) is 1.64. The molecule has 15 heavy (non-hydrogen) atoms. The highest BCUT2D eigenvalue weighted by molar-refractivity contribution is 7.98. The molecule has 0 amide bonds. The molecule has 1 aliphatic heterocycles. The largest absolute Gasteiger partial charge is 0.211 e. The molecule has 1 aliphatic rings. The molecule has 0 unspecified atom stereocenters. The van der Waals surface area contributed by atoms with Crippen LogP contribution in [0.3, 0.4) is 0 Å². The predicted octanol–water partition coefficient (Wildman–Crippen LogP) is 2.16. The summed E-state index contributed by atoms with van der Waals surface area (Å²) in [4.78, 5) is 1.22. The lowest BCUT2D eigenvalue weighted by Gasteiger charge is -1.97. The zero-order valence-electron chi connectivity index (χ0n) is 8.05. The van der Waals surface area contributed by atoms with E-state index in [1.807, 2.05) is 24.3 Å². The highest BCUT2D eigenvalue weighted by Crippen LogP contribution is 2.24. The molecule has 0 fully saturated rings. The van der Waals surface area contributed by atoms with Crippen molar-refractivity contribution in [2.45, 2.75) is 4.90 Å². The van der Waals surface area contributed by atoms with Crippen LogP contribution in [-0.2, 0) is 0 Å². The summed E-state index contributed by atoms with van der Waals surface area (Å²) in [5, 5.41) is 2.24. The van der Waals surface area contributed by atoms with Crippen LogP contribution in [0.25, 0.3) is 6.08 Å². The molecule has 0 aromatic heterocycles. The minimum absolute atomic E-state index is 1.05. The molecule has 3 rings (SSSR count). The Kier molecular flexibility index (Phi) is 2.07. The van der Waals surface area contributed by atoms with Gasteiger partial charge in [0, 0.05) is 22.1 Å². The van der Waals surface area contributed by atoms with Crippen molar-refractivity contribution in [2.75, 3.05) is 0 Å². The van der Waals surface area contributed by atoms with E-state index in [0.29, 0.717) is 0 Å². The van der Waals surface area contributed by atoms with Crippen molar-refractivity contribution >= 4 is 18.0 Å². The average Bonchev–Trinajstić information content (AvgIpc) is 2.48. The Hall–Kier alpha value is -1.54. The first-order valence-electron chi connectivity index (χ1n) is 4.84. The third-order valence-corrected chi connectivity index (χ3v) is 3.27. The summed E-state index contributed by atoms with van der Waals surface area (Å²) in [7, 11) is 0. The molecule has 0 saturated carbocycles. The van der Waals surface area contributed by atoms with Crippen molar-refractivity contribution < 1.29 is 0 Å². The topological polar surface area (TPSA) is 12.4 Å². The van der Waals surface area contributed by atoms with E-state index in [4.69, 9.17) is 0 Å². The number of fused-ring (bicyclic) bond motifs is 2. The van der Waals surface area contributed by atoms with Crippen LogP contribution in [0.2, 0.25) is 0 Å². The molecule has 0 bridgehead atoms. The van der Waals surface area contributed by atoms with E-state index in [1.165, 1.54) is 15.7 Å². The van der Waals surface area contributed by atoms with E-state index in [0.717, 1.165) is 5.36 Å². The van der Waals surface area contributed by atoms with E-state index in [9.17, 15) is 0 Å². The lowest BCUT2D eigenvalue weighted by Crippen LogP contribution is -2.22. The normalized spacial score (nSPS) is 12.8. The van der Waals surface area contributed by atoms with Crippen LogP contribution in [0.15, 0.2) is 57.8 Å². The van der Waals surface area contributed by atoms with Crippen LogP contribution >= 0.6 is 11.9 Å². The zero-order chi connectivity index (χ0) is 10.1. The van der Waals surface area contributed by atoms with E-state index >= 15 is 0 Å². The lowest BCUT2D eigenvalue weighted by atomic mass is 10.1. The maximum atomic E-state index is 4.51. The monoisotopic (exact) mass is 211 g/mol. The van der Waals surface area contributed by atoms with Crippen LogP contribution in [0.1, 0.15) is 5.56 Å². The molecule has 2 aromatic carbocycles. The van der Waals surface area contributed by atoms with Gasteiger partial charge >= 0.3 is 0 Å². The number of benzene rings is 2. The van der Waals surface area contributed by atoms with Gasteiger partial charge in [0.1, 0.15) is 0 Å². The molecule has 0 saturated heterocycles. The van der Waals surface area contributed by atoms with E-state index in [2.05, 4.69) is 34.7 Å². The van der Waals surface area contributed by atoms with E-state index < -0.39 is 0 Å². The fourth-order valence-corrected chi connectivity index (χ4v) is 2.38. The van der Waals surface area contributed by atoms with Gasteiger partial charge in [-0.25, -0.2) is 4.40 Å². The van der Waals surface area contributed by atoms with Crippen molar-refractivity contribution in [2.24, 2.45) is 4.40 Å². The highest BCUT2D eigenvalue weighted by Gasteiger charge is 2.02. The van der Waals surface area contributed by atoms with Crippen LogP contribution in [0.4, 0.5) is 0 Å². The molecule has 0 spiro atoms. The predicted molar refractivity (Wildman–Crippen MR) is 63.1 cm³/mol. The molecule has 0 radical (unpaired) electrons. The average molecular weight is 211 g/mol. The van der Waals surface area contributed by atoms with Gasteiger partial charge in [-0.05, 0) is 23.8 Å². The van der Waals surface area contributed by atoms with Gasteiger partial charge in [-0.2, -0.15) is 0 Å². The first-order chi connectivity index (χ1) is 7.43. The van der Waals surface area contributed by atoms with Gasteiger partial charge in [-0.15, -0.1) is 0 Å². The second kappa shape index (κ2) is 3.55. The van der Waals surface area contributed by atoms with Gasteiger partial charge < -0.3 is 0 Å². The standard InChI is InChI=1S/C13H9NS/c1-3-7-12-10(5-1)9-11-6-2-4-8-13(11)15-14-12/h1-9H. The Morgan fingerprint density at radius 1 is 0.867 bits per heavy atom. The summed E-state index contributed by atoms with van der Waals surface area (Å²) in [5.74, 6) is 0. The molecule has 72 valence electrons. The smallest absolute Gasteiger partial charge is 0.0789 e. The Labute approximate surface area is 92.3 Å². The Morgan fingerprint density at radius 3 is 2.67 bits per heavy atom.